The Kier molecular flexibility index (Phi) is 3.84. The summed E-state index contributed by atoms with van der Waals surface area (Å²) in [5.74, 6) is 0.915. The molecule has 0 amide bonds. The first-order valence-corrected chi connectivity index (χ1v) is 6.19. The van der Waals surface area contributed by atoms with E-state index in [0.29, 0.717) is 5.56 Å². The fraction of sp³-hybridized carbons (Fsp3) is 0.667. The molecular formula is C12H19N5O. The molecule has 0 saturated carbocycles. The fourth-order valence-electron chi connectivity index (χ4n) is 2.46. The summed E-state index contributed by atoms with van der Waals surface area (Å²) in [6, 6.07) is 2.24. The van der Waals surface area contributed by atoms with Crippen molar-refractivity contribution >= 4 is 5.82 Å². The highest BCUT2D eigenvalue weighted by atomic mass is 16.3. The number of anilines is 1. The van der Waals surface area contributed by atoms with Crippen molar-refractivity contribution in [2.24, 2.45) is 7.05 Å². The molecule has 2 heterocycles. The average molecular weight is 249 g/mol. The second kappa shape index (κ2) is 5.38. The smallest absolute Gasteiger partial charge is 0.145 e. The standard InChI is InChI=1S/C12H19N5O/c1-10-11(9-13)12(15(2)14-10)17-5-3-16(4-6-17)7-8-18/h18H,3-8H2,1-2H3. The van der Waals surface area contributed by atoms with Gasteiger partial charge in [0.25, 0.3) is 0 Å². The number of aromatic nitrogens is 2. The molecule has 18 heavy (non-hydrogen) atoms. The zero-order valence-electron chi connectivity index (χ0n) is 10.9. The Hall–Kier alpha value is -1.58. The zero-order valence-corrected chi connectivity index (χ0v) is 10.9. The largest absolute Gasteiger partial charge is 0.395 e. The van der Waals surface area contributed by atoms with Crippen LogP contribution in [0.1, 0.15) is 11.3 Å². The number of hydrogen-bond donors (Lipinski definition) is 1. The van der Waals surface area contributed by atoms with Crippen molar-refractivity contribution in [3.8, 4) is 6.07 Å². The molecule has 0 unspecified atom stereocenters. The van der Waals surface area contributed by atoms with Gasteiger partial charge in [-0.1, -0.05) is 0 Å². The van der Waals surface area contributed by atoms with Crippen LogP contribution in [0.25, 0.3) is 0 Å². The van der Waals surface area contributed by atoms with Gasteiger partial charge in [-0.05, 0) is 6.92 Å². The van der Waals surface area contributed by atoms with Gasteiger partial charge in [0.1, 0.15) is 17.5 Å². The first kappa shape index (κ1) is 12.9. The molecule has 0 spiro atoms. The first-order chi connectivity index (χ1) is 8.67. The molecule has 0 radical (unpaired) electrons. The summed E-state index contributed by atoms with van der Waals surface area (Å²) in [4.78, 5) is 4.43. The Labute approximate surface area is 107 Å². The SMILES string of the molecule is Cc1nn(C)c(N2CCN(CCO)CC2)c1C#N. The van der Waals surface area contributed by atoms with Crippen molar-refractivity contribution in [3.63, 3.8) is 0 Å². The second-order valence-electron chi connectivity index (χ2n) is 4.57. The van der Waals surface area contributed by atoms with Crippen molar-refractivity contribution in [2.45, 2.75) is 6.92 Å². The van der Waals surface area contributed by atoms with E-state index in [1.165, 1.54) is 0 Å². The first-order valence-electron chi connectivity index (χ1n) is 6.19. The van der Waals surface area contributed by atoms with Gasteiger partial charge in [0.2, 0.25) is 0 Å². The number of aliphatic hydroxyl groups excluding tert-OH is 1. The highest BCUT2D eigenvalue weighted by Gasteiger charge is 2.23. The minimum Gasteiger partial charge on any atom is -0.395 e. The molecule has 1 fully saturated rings. The van der Waals surface area contributed by atoms with Gasteiger partial charge in [-0.3, -0.25) is 9.58 Å². The van der Waals surface area contributed by atoms with Gasteiger partial charge < -0.3 is 10.0 Å². The summed E-state index contributed by atoms with van der Waals surface area (Å²) in [6.07, 6.45) is 0. The maximum atomic E-state index is 9.21. The van der Waals surface area contributed by atoms with Crippen molar-refractivity contribution in [1.29, 1.82) is 5.26 Å². The number of hydrogen-bond acceptors (Lipinski definition) is 5. The Morgan fingerprint density at radius 3 is 2.56 bits per heavy atom. The summed E-state index contributed by atoms with van der Waals surface area (Å²) in [6.45, 7) is 6.36. The highest BCUT2D eigenvalue weighted by molar-refractivity contribution is 5.57. The minimum absolute atomic E-state index is 0.203. The monoisotopic (exact) mass is 249 g/mol. The lowest BCUT2D eigenvalue weighted by atomic mass is 10.2. The average Bonchev–Trinajstić information content (AvgIpc) is 2.65. The van der Waals surface area contributed by atoms with Crippen molar-refractivity contribution < 1.29 is 5.11 Å². The highest BCUT2D eigenvalue weighted by Crippen LogP contribution is 2.23. The number of nitrogens with zero attached hydrogens (tertiary/aromatic N) is 5. The van der Waals surface area contributed by atoms with E-state index < -0.39 is 0 Å². The summed E-state index contributed by atoms with van der Waals surface area (Å²) in [7, 11) is 1.88. The molecule has 0 atom stereocenters. The van der Waals surface area contributed by atoms with Gasteiger partial charge in [-0.15, -0.1) is 0 Å². The quantitative estimate of drug-likeness (QED) is 0.797. The fourth-order valence-corrected chi connectivity index (χ4v) is 2.46. The predicted molar refractivity (Wildman–Crippen MR) is 68.4 cm³/mol. The van der Waals surface area contributed by atoms with E-state index in [2.05, 4.69) is 21.0 Å². The third-order valence-electron chi connectivity index (χ3n) is 3.39. The topological polar surface area (TPSA) is 68.3 Å². The molecule has 98 valence electrons. The molecule has 6 nitrogen and oxygen atoms in total. The molecule has 2 rings (SSSR count). The lowest BCUT2D eigenvalue weighted by Crippen LogP contribution is -2.48. The van der Waals surface area contributed by atoms with Crippen LogP contribution in [-0.2, 0) is 7.05 Å². The maximum Gasteiger partial charge on any atom is 0.145 e. The van der Waals surface area contributed by atoms with Gasteiger partial charge in [-0.2, -0.15) is 10.4 Å². The number of nitriles is 1. The Bertz CT molecular complexity index is 454. The Morgan fingerprint density at radius 1 is 1.33 bits per heavy atom. The Balaban J connectivity index is 2.13. The van der Waals surface area contributed by atoms with E-state index in [0.717, 1.165) is 44.2 Å². The number of aryl methyl sites for hydroxylation is 2. The van der Waals surface area contributed by atoms with Crippen LogP contribution in [0, 0.1) is 18.3 Å². The molecule has 1 N–H and O–H groups in total. The van der Waals surface area contributed by atoms with Crippen LogP contribution >= 0.6 is 0 Å². The number of aliphatic hydroxyl groups is 1. The van der Waals surface area contributed by atoms with E-state index in [1.54, 1.807) is 4.68 Å². The second-order valence-corrected chi connectivity index (χ2v) is 4.57. The molecule has 0 bridgehead atoms. The summed E-state index contributed by atoms with van der Waals surface area (Å²) >= 11 is 0. The van der Waals surface area contributed by atoms with Gasteiger partial charge >= 0.3 is 0 Å². The van der Waals surface area contributed by atoms with Crippen LogP contribution < -0.4 is 4.90 Å². The van der Waals surface area contributed by atoms with E-state index >= 15 is 0 Å². The lowest BCUT2D eigenvalue weighted by Gasteiger charge is -2.35. The molecule has 1 aliphatic rings. The molecular weight excluding hydrogens is 230 g/mol. The predicted octanol–water partition coefficient (Wildman–Crippen LogP) is -0.285. The van der Waals surface area contributed by atoms with Gasteiger partial charge in [0.15, 0.2) is 0 Å². The molecule has 1 aromatic heterocycles. The minimum atomic E-state index is 0.203. The number of rotatable bonds is 3. The van der Waals surface area contributed by atoms with Crippen LogP contribution in [0.3, 0.4) is 0 Å². The van der Waals surface area contributed by atoms with Crippen LogP contribution in [0.4, 0.5) is 5.82 Å². The summed E-state index contributed by atoms with van der Waals surface area (Å²) < 4.78 is 1.79. The van der Waals surface area contributed by atoms with Crippen LogP contribution in [-0.4, -0.2) is 59.1 Å². The van der Waals surface area contributed by atoms with Gasteiger partial charge in [0.05, 0.1) is 12.3 Å². The van der Waals surface area contributed by atoms with E-state index in [1.807, 2.05) is 14.0 Å². The Morgan fingerprint density at radius 2 is 2.00 bits per heavy atom. The number of β-amino-alcohol motifs (C(OH)–C–C–N with tert-alkyl or cyclic N) is 1. The molecule has 1 aliphatic heterocycles. The van der Waals surface area contributed by atoms with E-state index in [4.69, 9.17) is 5.11 Å². The zero-order chi connectivity index (χ0) is 13.1. The van der Waals surface area contributed by atoms with Crippen LogP contribution in [0.5, 0.6) is 0 Å². The maximum absolute atomic E-state index is 9.21. The normalized spacial score (nSPS) is 16.9. The van der Waals surface area contributed by atoms with E-state index in [9.17, 15) is 5.26 Å². The van der Waals surface area contributed by atoms with Crippen molar-refractivity contribution in [2.75, 3.05) is 44.2 Å². The summed E-state index contributed by atoms with van der Waals surface area (Å²) in [5, 5.41) is 22.4. The van der Waals surface area contributed by atoms with Crippen molar-refractivity contribution in [1.82, 2.24) is 14.7 Å². The van der Waals surface area contributed by atoms with Crippen molar-refractivity contribution in [3.05, 3.63) is 11.3 Å². The third-order valence-corrected chi connectivity index (χ3v) is 3.39. The van der Waals surface area contributed by atoms with Gasteiger partial charge in [0, 0.05) is 39.8 Å². The molecule has 1 aromatic rings. The molecule has 0 aromatic carbocycles. The van der Waals surface area contributed by atoms with Crippen LogP contribution in [0.15, 0.2) is 0 Å². The van der Waals surface area contributed by atoms with Crippen LogP contribution in [0.2, 0.25) is 0 Å². The lowest BCUT2D eigenvalue weighted by molar-refractivity contribution is 0.188. The third kappa shape index (κ3) is 2.33. The summed E-state index contributed by atoms with van der Waals surface area (Å²) in [5.41, 5.74) is 1.46. The van der Waals surface area contributed by atoms with E-state index in [-0.39, 0.29) is 6.61 Å². The van der Waals surface area contributed by atoms with Gasteiger partial charge in [-0.25, -0.2) is 0 Å². The number of piperazine rings is 1. The molecule has 6 heteroatoms. The molecule has 1 saturated heterocycles. The molecule has 0 aliphatic carbocycles.